The third-order valence-corrected chi connectivity index (χ3v) is 4.12. The minimum absolute atomic E-state index is 0.0955. The van der Waals surface area contributed by atoms with Gasteiger partial charge in [-0.05, 0) is 12.8 Å². The number of hydrogen-bond acceptors (Lipinski definition) is 4. The predicted molar refractivity (Wildman–Crippen MR) is 88.3 cm³/mol. The predicted octanol–water partition coefficient (Wildman–Crippen LogP) is 3.12. The number of aliphatic carboxylic acids is 2. The lowest BCUT2D eigenvalue weighted by molar-refractivity contribution is -0.149. The summed E-state index contributed by atoms with van der Waals surface area (Å²) in [5, 5.41) is 17.8. The Hall–Kier alpha value is -1.43. The molecule has 0 heterocycles. The van der Waals surface area contributed by atoms with E-state index in [-0.39, 0.29) is 12.8 Å². The first-order valence-electron chi connectivity index (χ1n) is 8.62. The van der Waals surface area contributed by atoms with Gasteiger partial charge in [-0.3, -0.25) is 9.59 Å². The van der Waals surface area contributed by atoms with Gasteiger partial charge in [0.15, 0.2) is 11.3 Å². The number of Topliss-reactive ketones (excluding diaryl/α,β-unsaturated/α-hetero) is 1. The summed E-state index contributed by atoms with van der Waals surface area (Å²) in [5.41, 5.74) is 3.56. The molecule has 0 saturated carbocycles. The molecule has 0 aliphatic heterocycles. The van der Waals surface area contributed by atoms with Gasteiger partial charge in [0.2, 0.25) is 0 Å². The van der Waals surface area contributed by atoms with E-state index in [4.69, 9.17) is 15.9 Å². The molecule has 0 aromatic carbocycles. The van der Waals surface area contributed by atoms with Crippen molar-refractivity contribution in [1.29, 1.82) is 0 Å². The molecule has 23 heavy (non-hydrogen) atoms. The van der Waals surface area contributed by atoms with Crippen LogP contribution in [0.3, 0.4) is 0 Å². The first kappa shape index (κ1) is 21.6. The average Bonchev–Trinajstić information content (AvgIpc) is 2.50. The van der Waals surface area contributed by atoms with Crippen molar-refractivity contribution in [2.75, 3.05) is 0 Å². The van der Waals surface area contributed by atoms with Crippen LogP contribution >= 0.6 is 0 Å². The summed E-state index contributed by atoms with van der Waals surface area (Å²) in [4.78, 5) is 33.8. The summed E-state index contributed by atoms with van der Waals surface area (Å²) in [5.74, 6) is -3.18. The van der Waals surface area contributed by atoms with Crippen molar-refractivity contribution in [3.63, 3.8) is 0 Å². The van der Waals surface area contributed by atoms with E-state index in [1.54, 1.807) is 0 Å². The zero-order valence-corrected chi connectivity index (χ0v) is 14.2. The molecule has 1 unspecified atom stereocenters. The summed E-state index contributed by atoms with van der Waals surface area (Å²) in [6, 6.07) is 0. The van der Waals surface area contributed by atoms with E-state index in [1.807, 2.05) is 0 Å². The second kappa shape index (κ2) is 12.0. The number of ketones is 1. The molecule has 0 bridgehead atoms. The molecule has 4 N–H and O–H groups in total. The van der Waals surface area contributed by atoms with Crippen molar-refractivity contribution >= 4 is 17.7 Å². The molecule has 0 radical (unpaired) electrons. The minimum Gasteiger partial charge on any atom is -0.481 e. The molecule has 0 aromatic heterocycles. The largest absolute Gasteiger partial charge is 0.481 e. The van der Waals surface area contributed by atoms with Gasteiger partial charge in [0.05, 0.1) is 0 Å². The molecule has 0 rings (SSSR count). The zero-order chi connectivity index (χ0) is 17.7. The third kappa shape index (κ3) is 9.33. The van der Waals surface area contributed by atoms with Gasteiger partial charge in [-0.1, -0.05) is 58.3 Å². The fraction of sp³-hybridized carbons (Fsp3) is 0.824. The van der Waals surface area contributed by atoms with E-state index in [9.17, 15) is 14.4 Å². The molecule has 0 saturated heterocycles. The van der Waals surface area contributed by atoms with Crippen LogP contribution in [0.4, 0.5) is 0 Å². The van der Waals surface area contributed by atoms with Crippen LogP contribution in [-0.2, 0) is 14.4 Å². The third-order valence-electron chi connectivity index (χ3n) is 4.12. The van der Waals surface area contributed by atoms with Crippen LogP contribution in [0.15, 0.2) is 0 Å². The molecule has 0 aromatic rings. The van der Waals surface area contributed by atoms with Crippen molar-refractivity contribution < 1.29 is 24.6 Å². The second-order valence-corrected chi connectivity index (χ2v) is 6.17. The van der Waals surface area contributed by atoms with Crippen LogP contribution in [0.1, 0.15) is 84.0 Å². The highest BCUT2D eigenvalue weighted by Gasteiger charge is 2.41. The topological polar surface area (TPSA) is 118 Å². The number of unbranched alkanes of at least 4 members (excludes halogenated alkanes) is 8. The van der Waals surface area contributed by atoms with E-state index in [0.717, 1.165) is 19.3 Å². The lowest BCUT2D eigenvalue weighted by atomic mass is 9.87. The summed E-state index contributed by atoms with van der Waals surface area (Å²) in [7, 11) is 0. The SMILES string of the molecule is CCCCCCCCCCCC(=O)C(N)(CCC(=O)O)C(=O)O. The average molecular weight is 329 g/mol. The molecular formula is C17H31NO5. The monoisotopic (exact) mass is 329 g/mol. The van der Waals surface area contributed by atoms with Crippen molar-refractivity contribution in [2.24, 2.45) is 5.73 Å². The Balaban J connectivity index is 3.96. The molecule has 0 fully saturated rings. The summed E-state index contributed by atoms with van der Waals surface area (Å²) in [6.45, 7) is 2.18. The highest BCUT2D eigenvalue weighted by atomic mass is 16.4. The molecule has 134 valence electrons. The standard InChI is InChI=1S/C17H31NO5/c1-2-3-4-5-6-7-8-9-10-11-14(19)17(18,16(22)23)13-12-15(20)21/h2-13,18H2,1H3,(H,20,21)(H,22,23). The lowest BCUT2D eigenvalue weighted by Crippen LogP contribution is -2.55. The second-order valence-electron chi connectivity index (χ2n) is 6.17. The number of carbonyl (C=O) groups is 3. The van der Waals surface area contributed by atoms with Gasteiger partial charge in [0, 0.05) is 12.8 Å². The number of nitrogens with two attached hydrogens (primary N) is 1. The Labute approximate surface area is 138 Å². The molecule has 0 aliphatic rings. The van der Waals surface area contributed by atoms with Crippen LogP contribution in [0.5, 0.6) is 0 Å². The van der Waals surface area contributed by atoms with Crippen LogP contribution < -0.4 is 5.73 Å². The van der Waals surface area contributed by atoms with Crippen molar-refractivity contribution in [3.05, 3.63) is 0 Å². The van der Waals surface area contributed by atoms with E-state index in [2.05, 4.69) is 6.92 Å². The number of rotatable bonds is 15. The molecule has 0 aliphatic carbocycles. The van der Waals surface area contributed by atoms with Gasteiger partial charge in [-0.2, -0.15) is 0 Å². The first-order valence-corrected chi connectivity index (χ1v) is 8.62. The summed E-state index contributed by atoms with van der Waals surface area (Å²) >= 11 is 0. The number of carboxylic acids is 2. The van der Waals surface area contributed by atoms with E-state index >= 15 is 0 Å². The lowest BCUT2D eigenvalue weighted by Gasteiger charge is -2.22. The van der Waals surface area contributed by atoms with Gasteiger partial charge < -0.3 is 15.9 Å². The number of hydrogen-bond donors (Lipinski definition) is 3. The zero-order valence-electron chi connectivity index (χ0n) is 14.2. The van der Waals surface area contributed by atoms with Gasteiger partial charge >= 0.3 is 11.9 Å². The minimum atomic E-state index is -2.07. The Morgan fingerprint density at radius 3 is 1.74 bits per heavy atom. The van der Waals surface area contributed by atoms with Crippen molar-refractivity contribution in [3.8, 4) is 0 Å². The number of carboxylic acid groups (broad SMARTS) is 2. The molecular weight excluding hydrogens is 298 g/mol. The van der Waals surface area contributed by atoms with Crippen LogP contribution in [0.25, 0.3) is 0 Å². The Morgan fingerprint density at radius 1 is 0.826 bits per heavy atom. The van der Waals surface area contributed by atoms with E-state index in [1.165, 1.54) is 32.1 Å². The normalized spacial score (nSPS) is 13.5. The fourth-order valence-corrected chi connectivity index (χ4v) is 2.49. The Bertz CT molecular complexity index is 383. The molecule has 6 heteroatoms. The van der Waals surface area contributed by atoms with Crippen molar-refractivity contribution in [1.82, 2.24) is 0 Å². The maximum atomic E-state index is 12.0. The quantitative estimate of drug-likeness (QED) is 0.314. The Kier molecular flexibility index (Phi) is 11.3. The van der Waals surface area contributed by atoms with Crippen LogP contribution in [0, 0.1) is 0 Å². The molecule has 1 atom stereocenters. The maximum absolute atomic E-state index is 12.0. The first-order chi connectivity index (χ1) is 10.8. The summed E-state index contributed by atoms with van der Waals surface area (Å²) < 4.78 is 0. The van der Waals surface area contributed by atoms with Crippen LogP contribution in [0.2, 0.25) is 0 Å². The smallest absolute Gasteiger partial charge is 0.331 e. The molecule has 6 nitrogen and oxygen atoms in total. The van der Waals surface area contributed by atoms with Gasteiger partial charge in [-0.25, -0.2) is 4.79 Å². The Morgan fingerprint density at radius 2 is 1.30 bits per heavy atom. The highest BCUT2D eigenvalue weighted by Crippen LogP contribution is 2.17. The van der Waals surface area contributed by atoms with Crippen molar-refractivity contribution in [2.45, 2.75) is 89.5 Å². The van der Waals surface area contributed by atoms with E-state index < -0.39 is 29.7 Å². The summed E-state index contributed by atoms with van der Waals surface area (Å²) in [6.07, 6.45) is 9.15. The van der Waals surface area contributed by atoms with Gasteiger partial charge in [-0.15, -0.1) is 0 Å². The van der Waals surface area contributed by atoms with Gasteiger partial charge in [0.25, 0.3) is 0 Å². The maximum Gasteiger partial charge on any atom is 0.331 e. The van der Waals surface area contributed by atoms with Crippen LogP contribution in [-0.4, -0.2) is 33.5 Å². The molecule has 0 spiro atoms. The van der Waals surface area contributed by atoms with E-state index in [0.29, 0.717) is 6.42 Å². The van der Waals surface area contributed by atoms with Gasteiger partial charge in [0.1, 0.15) is 0 Å². The highest BCUT2D eigenvalue weighted by molar-refractivity contribution is 6.07. The number of carbonyl (C=O) groups excluding carboxylic acids is 1. The fourth-order valence-electron chi connectivity index (χ4n) is 2.49. The molecule has 0 amide bonds.